The summed E-state index contributed by atoms with van der Waals surface area (Å²) >= 11 is 0. The molecular weight excluding hydrogens is 510 g/mol. The molecule has 0 amide bonds. The van der Waals surface area contributed by atoms with E-state index in [0.717, 1.165) is 16.7 Å². The minimum Gasteiger partial charge on any atom is -0.488 e. The van der Waals surface area contributed by atoms with E-state index >= 15 is 0 Å². The fraction of sp³-hybridized carbons (Fsp3) is 0.323. The summed E-state index contributed by atoms with van der Waals surface area (Å²) in [6, 6.07) is 19.3. The summed E-state index contributed by atoms with van der Waals surface area (Å²) in [5.41, 5.74) is 3.41. The van der Waals surface area contributed by atoms with E-state index in [1.165, 1.54) is 0 Å². The molecule has 0 N–H and O–H groups in total. The first-order chi connectivity index (χ1) is 19.7. The Kier molecular flexibility index (Phi) is 9.25. The lowest BCUT2D eigenvalue weighted by Crippen LogP contribution is -2.33. The van der Waals surface area contributed by atoms with E-state index in [4.69, 9.17) is 33.2 Å². The lowest BCUT2D eigenvalue weighted by atomic mass is 10.1. The van der Waals surface area contributed by atoms with Crippen LogP contribution >= 0.6 is 0 Å². The van der Waals surface area contributed by atoms with E-state index in [1.807, 2.05) is 60.7 Å². The maximum atomic E-state index is 6.24. The predicted molar refractivity (Wildman–Crippen MR) is 146 cm³/mol. The first kappa shape index (κ1) is 27.2. The average Bonchev–Trinajstić information content (AvgIpc) is 3.43. The second-order valence-electron chi connectivity index (χ2n) is 9.09. The van der Waals surface area contributed by atoms with Gasteiger partial charge in [0, 0.05) is 17.2 Å². The van der Waals surface area contributed by atoms with Gasteiger partial charge in [-0.2, -0.15) is 4.98 Å². The highest BCUT2D eigenvalue weighted by molar-refractivity contribution is 5.50. The zero-order valence-electron chi connectivity index (χ0n) is 22.6. The van der Waals surface area contributed by atoms with Crippen molar-refractivity contribution in [3.63, 3.8) is 0 Å². The standard InChI is InChI=1S/C31H31N3O6/c1-3-27-28(14-11-23-9-12-25(13-10-23)37-21-31-32-22(2)34-40-31)33-30(39-20-26-19-35-15-16-36-26)17-29(27)38-18-24-7-5-4-6-8-24/h4-10,12-13,17,26H,3,15-16,18-21H2,1-2H3. The van der Waals surface area contributed by atoms with Gasteiger partial charge in [0.25, 0.3) is 5.89 Å². The van der Waals surface area contributed by atoms with Crippen molar-refractivity contribution in [1.29, 1.82) is 0 Å². The Morgan fingerprint density at radius 3 is 2.50 bits per heavy atom. The van der Waals surface area contributed by atoms with Crippen LogP contribution in [0.3, 0.4) is 0 Å². The van der Waals surface area contributed by atoms with Gasteiger partial charge in [0.15, 0.2) is 12.4 Å². The third-order valence-electron chi connectivity index (χ3n) is 6.06. The number of benzene rings is 2. The zero-order chi connectivity index (χ0) is 27.6. The Morgan fingerprint density at radius 1 is 0.925 bits per heavy atom. The number of hydrogen-bond donors (Lipinski definition) is 0. The van der Waals surface area contributed by atoms with Crippen LogP contribution in [0.5, 0.6) is 17.4 Å². The van der Waals surface area contributed by atoms with Gasteiger partial charge in [-0.05, 0) is 49.1 Å². The fourth-order valence-corrected chi connectivity index (χ4v) is 4.03. The minimum absolute atomic E-state index is 0.144. The predicted octanol–water partition coefficient (Wildman–Crippen LogP) is 4.69. The van der Waals surface area contributed by atoms with E-state index in [1.54, 1.807) is 6.92 Å². The van der Waals surface area contributed by atoms with Crippen molar-refractivity contribution >= 4 is 0 Å². The van der Waals surface area contributed by atoms with Crippen molar-refractivity contribution in [2.45, 2.75) is 39.6 Å². The highest BCUT2D eigenvalue weighted by Gasteiger charge is 2.18. The monoisotopic (exact) mass is 541 g/mol. The minimum atomic E-state index is -0.144. The van der Waals surface area contributed by atoms with E-state index in [0.29, 0.717) is 74.2 Å². The van der Waals surface area contributed by atoms with Gasteiger partial charge in [0.1, 0.15) is 36.5 Å². The average molecular weight is 542 g/mol. The molecule has 2 aromatic heterocycles. The lowest BCUT2D eigenvalue weighted by Gasteiger charge is -2.23. The van der Waals surface area contributed by atoms with Crippen LogP contribution in [0.4, 0.5) is 0 Å². The van der Waals surface area contributed by atoms with Gasteiger partial charge in [-0.15, -0.1) is 0 Å². The van der Waals surface area contributed by atoms with Crippen LogP contribution in [0.15, 0.2) is 65.2 Å². The molecule has 1 fully saturated rings. The molecule has 1 unspecified atom stereocenters. The number of ether oxygens (including phenoxy) is 5. The van der Waals surface area contributed by atoms with Crippen LogP contribution in [0.1, 0.15) is 41.0 Å². The summed E-state index contributed by atoms with van der Waals surface area (Å²) < 4.78 is 34.3. The van der Waals surface area contributed by atoms with Crippen LogP contribution in [0, 0.1) is 18.8 Å². The number of aromatic nitrogens is 3. The van der Waals surface area contributed by atoms with Crippen LogP contribution in [-0.2, 0) is 29.1 Å². The first-order valence-corrected chi connectivity index (χ1v) is 13.2. The molecule has 2 aromatic carbocycles. The Bertz CT molecular complexity index is 1440. The Hall–Kier alpha value is -4.39. The molecule has 1 atom stereocenters. The van der Waals surface area contributed by atoms with Crippen molar-refractivity contribution in [1.82, 2.24) is 15.1 Å². The molecule has 1 aliphatic heterocycles. The molecule has 40 heavy (non-hydrogen) atoms. The van der Waals surface area contributed by atoms with Crippen molar-refractivity contribution < 1.29 is 28.2 Å². The second-order valence-corrected chi connectivity index (χ2v) is 9.09. The summed E-state index contributed by atoms with van der Waals surface area (Å²) in [7, 11) is 0. The normalized spacial score (nSPS) is 14.7. The van der Waals surface area contributed by atoms with Gasteiger partial charge in [0.05, 0.1) is 19.8 Å². The number of rotatable bonds is 10. The first-order valence-electron chi connectivity index (χ1n) is 13.2. The molecule has 0 aliphatic carbocycles. The maximum Gasteiger partial charge on any atom is 0.264 e. The Labute approximate surface area is 233 Å². The molecule has 1 saturated heterocycles. The topological polar surface area (TPSA) is 98.0 Å². The van der Waals surface area contributed by atoms with E-state index in [-0.39, 0.29) is 12.7 Å². The second kappa shape index (κ2) is 13.6. The van der Waals surface area contributed by atoms with Gasteiger partial charge in [-0.3, -0.25) is 0 Å². The smallest absolute Gasteiger partial charge is 0.264 e. The van der Waals surface area contributed by atoms with E-state index < -0.39 is 0 Å². The molecule has 5 rings (SSSR count). The zero-order valence-corrected chi connectivity index (χ0v) is 22.6. The van der Waals surface area contributed by atoms with Crippen LogP contribution in [-0.4, -0.2) is 47.7 Å². The van der Waals surface area contributed by atoms with Gasteiger partial charge in [-0.1, -0.05) is 48.3 Å². The van der Waals surface area contributed by atoms with Crippen LogP contribution in [0.2, 0.25) is 0 Å². The maximum absolute atomic E-state index is 6.24. The van der Waals surface area contributed by atoms with Gasteiger partial charge >= 0.3 is 0 Å². The fourth-order valence-electron chi connectivity index (χ4n) is 4.03. The number of aryl methyl sites for hydroxylation is 1. The van der Waals surface area contributed by atoms with Crippen LogP contribution < -0.4 is 14.2 Å². The van der Waals surface area contributed by atoms with E-state index in [9.17, 15) is 0 Å². The molecule has 9 heteroatoms. The molecule has 9 nitrogen and oxygen atoms in total. The summed E-state index contributed by atoms with van der Waals surface area (Å²) in [4.78, 5) is 8.86. The van der Waals surface area contributed by atoms with Crippen molar-refractivity contribution in [3.05, 3.63) is 94.8 Å². The number of hydrogen-bond acceptors (Lipinski definition) is 9. The van der Waals surface area contributed by atoms with Gasteiger partial charge in [0.2, 0.25) is 5.88 Å². The molecule has 0 saturated carbocycles. The SMILES string of the molecule is CCc1c(OCc2ccccc2)cc(OCC2COCCO2)nc1C#Cc1ccc(OCc2nc(C)no2)cc1. The molecular formula is C31H31N3O6. The molecule has 206 valence electrons. The largest absolute Gasteiger partial charge is 0.488 e. The van der Waals surface area contributed by atoms with Crippen molar-refractivity contribution in [3.8, 4) is 29.2 Å². The summed E-state index contributed by atoms with van der Waals surface area (Å²) in [5.74, 6) is 9.23. The molecule has 0 bridgehead atoms. The molecule has 3 heterocycles. The molecule has 4 aromatic rings. The highest BCUT2D eigenvalue weighted by atomic mass is 16.6. The molecule has 0 spiro atoms. The Morgan fingerprint density at radius 2 is 1.77 bits per heavy atom. The summed E-state index contributed by atoms with van der Waals surface area (Å²) in [6.45, 7) is 6.42. The third-order valence-corrected chi connectivity index (χ3v) is 6.06. The third kappa shape index (κ3) is 7.59. The lowest BCUT2D eigenvalue weighted by molar-refractivity contribution is -0.102. The highest BCUT2D eigenvalue weighted by Crippen LogP contribution is 2.28. The Balaban J connectivity index is 1.33. The molecule has 1 aliphatic rings. The summed E-state index contributed by atoms with van der Waals surface area (Å²) in [6.07, 6.45) is 0.553. The number of pyridine rings is 1. The van der Waals surface area contributed by atoms with Crippen LogP contribution in [0.25, 0.3) is 0 Å². The summed E-state index contributed by atoms with van der Waals surface area (Å²) in [5, 5.41) is 3.76. The van der Waals surface area contributed by atoms with Gasteiger partial charge < -0.3 is 28.2 Å². The number of nitrogens with zero attached hydrogens (tertiary/aromatic N) is 3. The quantitative estimate of drug-likeness (QED) is 0.265. The molecule has 0 radical (unpaired) electrons. The van der Waals surface area contributed by atoms with Crippen molar-refractivity contribution in [2.24, 2.45) is 0 Å². The van der Waals surface area contributed by atoms with E-state index in [2.05, 4.69) is 28.9 Å². The van der Waals surface area contributed by atoms with Gasteiger partial charge in [-0.25, -0.2) is 4.98 Å². The van der Waals surface area contributed by atoms with Crippen molar-refractivity contribution in [2.75, 3.05) is 26.4 Å².